The van der Waals surface area contributed by atoms with Crippen molar-refractivity contribution in [2.24, 2.45) is 0 Å². The van der Waals surface area contributed by atoms with Crippen LogP contribution in [0.5, 0.6) is 0 Å². The zero-order valence-corrected chi connectivity index (χ0v) is 12.9. The summed E-state index contributed by atoms with van der Waals surface area (Å²) in [6.07, 6.45) is 1.94. The van der Waals surface area contributed by atoms with Gasteiger partial charge >= 0.3 is 0 Å². The van der Waals surface area contributed by atoms with Gasteiger partial charge in [0.15, 0.2) is 16.6 Å². The molecule has 0 atom stereocenters. The molecule has 0 radical (unpaired) electrons. The van der Waals surface area contributed by atoms with E-state index in [2.05, 4.69) is 32.7 Å². The van der Waals surface area contributed by atoms with Gasteiger partial charge in [0.2, 0.25) is 0 Å². The predicted octanol–water partition coefficient (Wildman–Crippen LogP) is 4.30. The Balaban J connectivity index is 2.89. The third kappa shape index (κ3) is 5.44. The Labute approximate surface area is 103 Å². The van der Waals surface area contributed by atoms with Gasteiger partial charge in [0.05, 0.1) is 1.37 Å². The molecule has 88 valence electrons. The monoisotopic (exact) mass is 251 g/mol. The van der Waals surface area contributed by atoms with E-state index in [1.807, 2.05) is 36.4 Å². The fraction of sp³-hybridized carbons (Fsp3) is 0.385. The van der Waals surface area contributed by atoms with Crippen LogP contribution in [0.1, 0.15) is 6.93 Å². The van der Waals surface area contributed by atoms with E-state index >= 15 is 0 Å². The second-order valence-corrected chi connectivity index (χ2v) is 13.8. The molecule has 0 saturated carbocycles. The van der Waals surface area contributed by atoms with Crippen LogP contribution < -0.4 is 0 Å². The summed E-state index contributed by atoms with van der Waals surface area (Å²) in [5.74, 6) is 0. The predicted molar refractivity (Wildman–Crippen MR) is 77.4 cm³/mol. The van der Waals surface area contributed by atoms with E-state index in [4.69, 9.17) is 5.49 Å². The molecule has 0 heterocycles. The second kappa shape index (κ2) is 5.12. The Bertz CT molecular complexity index is 394. The van der Waals surface area contributed by atoms with Gasteiger partial charge in [0, 0.05) is 0 Å². The van der Waals surface area contributed by atoms with Crippen molar-refractivity contribution in [3.8, 4) is 0 Å². The smallest absolute Gasteiger partial charge is 0.198 e. The summed E-state index contributed by atoms with van der Waals surface area (Å²) in [7, 11) is -3.61. The van der Waals surface area contributed by atoms with E-state index in [9.17, 15) is 0 Å². The molecule has 1 aromatic rings. The Morgan fingerprint density at radius 1 is 1.06 bits per heavy atom. The minimum absolute atomic E-state index is 0.658. The summed E-state index contributed by atoms with van der Waals surface area (Å²) in [5, 5.41) is 0. The van der Waals surface area contributed by atoms with Crippen molar-refractivity contribution in [1.82, 2.24) is 0 Å². The lowest BCUT2D eigenvalue weighted by Crippen LogP contribution is -2.40. The first kappa shape index (κ1) is 11.8. The summed E-state index contributed by atoms with van der Waals surface area (Å²) in [4.78, 5) is 0. The van der Waals surface area contributed by atoms with Gasteiger partial charge in [0.1, 0.15) is 0 Å². The van der Waals surface area contributed by atoms with Crippen molar-refractivity contribution < 1.29 is 5.49 Å². The van der Waals surface area contributed by atoms with Crippen LogP contribution in [-0.2, 0) is 4.12 Å². The Hall–Kier alpha value is -0.646. The average molecular weight is 251 g/mol. The molecule has 0 aliphatic heterocycles. The summed E-state index contributed by atoms with van der Waals surface area (Å²) in [6.45, 7) is 10.7. The number of rotatable bonds is 4. The van der Waals surface area contributed by atoms with Crippen LogP contribution in [0.2, 0.25) is 32.7 Å². The molecule has 0 unspecified atom stereocenters. The molecule has 1 aromatic carbocycles. The first-order valence-electron chi connectivity index (χ1n) is 6.15. The van der Waals surface area contributed by atoms with Crippen molar-refractivity contribution in [3.05, 3.63) is 41.6 Å². The summed E-state index contributed by atoms with van der Waals surface area (Å²) in [5.41, 5.74) is 1.74. The van der Waals surface area contributed by atoms with Crippen molar-refractivity contribution in [3.63, 3.8) is 0 Å². The van der Waals surface area contributed by atoms with Crippen molar-refractivity contribution in [2.75, 3.05) is 0 Å². The molecule has 0 amide bonds. The van der Waals surface area contributed by atoms with Gasteiger partial charge in [-0.3, -0.25) is 0 Å². The van der Waals surface area contributed by atoms with E-state index in [-0.39, 0.29) is 0 Å². The van der Waals surface area contributed by atoms with E-state index in [1.54, 1.807) is 0 Å². The molecule has 0 bridgehead atoms. The molecule has 0 aliphatic carbocycles. The van der Waals surface area contributed by atoms with Crippen LogP contribution in [0.4, 0.5) is 0 Å². The van der Waals surface area contributed by atoms with Crippen LogP contribution in [0.3, 0.4) is 0 Å². The second-order valence-electron chi connectivity index (χ2n) is 5.42. The van der Waals surface area contributed by atoms with Crippen molar-refractivity contribution in [1.29, 1.82) is 0 Å². The van der Waals surface area contributed by atoms with Crippen LogP contribution in [0, 0.1) is 0 Å². The van der Waals surface area contributed by atoms with E-state index in [0.29, 0.717) is 5.68 Å². The minimum atomic E-state index is -2.04. The number of hydrogen-bond acceptors (Lipinski definition) is 1. The molecule has 0 aliphatic rings. The molecule has 1 nitrogen and oxygen atoms in total. The highest BCUT2D eigenvalue weighted by atomic mass is 28.4. The van der Waals surface area contributed by atoms with Gasteiger partial charge < -0.3 is 4.12 Å². The van der Waals surface area contributed by atoms with Gasteiger partial charge in [0.25, 0.3) is 0 Å². The van der Waals surface area contributed by atoms with Crippen LogP contribution in [-0.4, -0.2) is 16.6 Å². The molecule has 0 spiro atoms. The summed E-state index contributed by atoms with van der Waals surface area (Å²) < 4.78 is 14.4. The van der Waals surface area contributed by atoms with Gasteiger partial charge in [-0.1, -0.05) is 42.1 Å². The fourth-order valence-corrected chi connectivity index (χ4v) is 8.48. The maximum Gasteiger partial charge on any atom is 0.198 e. The first-order valence-corrected chi connectivity index (χ1v) is 12.0. The standard InChI is InChI=1S/C13H22OSi2/c1-15(2,3)14-16(4,5)12-11-13-9-7-6-8-10-13/h6-12H,1-5H3/b12-11+/i12D. The molecule has 0 saturated heterocycles. The van der Waals surface area contributed by atoms with Gasteiger partial charge in [-0.05, 0) is 38.3 Å². The first-order chi connectivity index (χ1) is 7.71. The van der Waals surface area contributed by atoms with Gasteiger partial charge in [-0.25, -0.2) is 0 Å². The lowest BCUT2D eigenvalue weighted by Gasteiger charge is -2.28. The van der Waals surface area contributed by atoms with Crippen molar-refractivity contribution >= 4 is 22.7 Å². The summed E-state index contributed by atoms with van der Waals surface area (Å²) >= 11 is 0. The zero-order valence-electron chi connectivity index (χ0n) is 11.9. The van der Waals surface area contributed by atoms with Crippen molar-refractivity contribution in [2.45, 2.75) is 32.7 Å². The molecule has 0 N–H and O–H groups in total. The molecular formula is C13H22OSi2. The van der Waals surface area contributed by atoms with E-state index in [1.165, 1.54) is 0 Å². The normalized spacial score (nSPS) is 14.8. The van der Waals surface area contributed by atoms with Gasteiger partial charge in [-0.15, -0.1) is 0 Å². The Morgan fingerprint density at radius 3 is 2.12 bits per heavy atom. The fourth-order valence-electron chi connectivity index (χ4n) is 1.60. The van der Waals surface area contributed by atoms with E-state index in [0.717, 1.165) is 5.56 Å². The maximum atomic E-state index is 8.21. The molecule has 0 aromatic heterocycles. The van der Waals surface area contributed by atoms with Crippen LogP contribution in [0.15, 0.2) is 36.0 Å². The molecule has 0 fully saturated rings. The number of benzene rings is 1. The average Bonchev–Trinajstić information content (AvgIpc) is 2.15. The molecular weight excluding hydrogens is 228 g/mol. The zero-order chi connectivity index (χ0) is 13.1. The highest BCUT2D eigenvalue weighted by Gasteiger charge is 2.26. The topological polar surface area (TPSA) is 9.23 Å². The Morgan fingerprint density at radius 2 is 1.62 bits per heavy atom. The lowest BCUT2D eigenvalue weighted by atomic mass is 10.2. The van der Waals surface area contributed by atoms with Crippen LogP contribution in [0.25, 0.3) is 6.08 Å². The molecule has 3 heteroatoms. The third-order valence-corrected chi connectivity index (χ3v) is 7.28. The minimum Gasteiger partial charge on any atom is -0.453 e. The summed E-state index contributed by atoms with van der Waals surface area (Å²) in [6, 6.07) is 10.0. The Kier molecular flexibility index (Phi) is 3.79. The van der Waals surface area contributed by atoms with Gasteiger partial charge in [-0.2, -0.15) is 0 Å². The molecule has 16 heavy (non-hydrogen) atoms. The highest BCUT2D eigenvalue weighted by Crippen LogP contribution is 2.16. The maximum absolute atomic E-state index is 8.21. The molecule has 1 rings (SSSR count). The van der Waals surface area contributed by atoms with Crippen LogP contribution >= 0.6 is 0 Å². The third-order valence-electron chi connectivity index (χ3n) is 1.95. The lowest BCUT2D eigenvalue weighted by molar-refractivity contribution is 0.565. The van der Waals surface area contributed by atoms with E-state index < -0.39 is 16.6 Å². The highest BCUT2D eigenvalue weighted by molar-refractivity contribution is 6.87. The number of hydrogen-bond donors (Lipinski definition) is 0. The largest absolute Gasteiger partial charge is 0.453 e. The SMILES string of the molecule is [2H]/C(=C\c1ccccc1)[Si](C)(C)O[Si](C)(C)C. The quantitative estimate of drug-likeness (QED) is 0.725.